The maximum atomic E-state index is 13.1. The van der Waals surface area contributed by atoms with Crippen molar-refractivity contribution in [2.45, 2.75) is 13.5 Å². The Kier molecular flexibility index (Phi) is 3.50. The van der Waals surface area contributed by atoms with Crippen LogP contribution in [0.3, 0.4) is 0 Å². The van der Waals surface area contributed by atoms with Gasteiger partial charge in [0.1, 0.15) is 11.5 Å². The van der Waals surface area contributed by atoms with Crippen LogP contribution in [0.4, 0.5) is 4.39 Å². The third-order valence-corrected chi connectivity index (χ3v) is 3.30. The minimum absolute atomic E-state index is 0.282. The van der Waals surface area contributed by atoms with E-state index in [-0.39, 0.29) is 5.82 Å². The van der Waals surface area contributed by atoms with E-state index in [9.17, 15) is 4.39 Å². The molecule has 0 amide bonds. The summed E-state index contributed by atoms with van der Waals surface area (Å²) in [7, 11) is 0. The first kappa shape index (κ1) is 13.5. The zero-order chi connectivity index (χ0) is 14.8. The van der Waals surface area contributed by atoms with Crippen molar-refractivity contribution >= 4 is 0 Å². The number of hydrogen-bond acceptors (Lipinski definition) is 3. The Bertz CT molecular complexity index is 762. The number of aryl methyl sites for hydroxylation is 1. The van der Waals surface area contributed by atoms with E-state index in [1.54, 1.807) is 16.8 Å². The van der Waals surface area contributed by atoms with Crippen molar-refractivity contribution in [1.82, 2.24) is 15.0 Å². The summed E-state index contributed by atoms with van der Waals surface area (Å²) in [5.74, 6) is -0.282. The van der Waals surface area contributed by atoms with Crippen molar-refractivity contribution in [3.05, 3.63) is 65.6 Å². The normalized spacial score (nSPS) is 10.8. The molecule has 21 heavy (non-hydrogen) atoms. The van der Waals surface area contributed by atoms with Crippen LogP contribution in [0.2, 0.25) is 0 Å². The van der Waals surface area contributed by atoms with Crippen molar-refractivity contribution < 1.29 is 4.39 Å². The molecule has 0 bridgehead atoms. The molecule has 0 aliphatic heterocycles. The van der Waals surface area contributed by atoms with Gasteiger partial charge in [0.25, 0.3) is 0 Å². The Morgan fingerprint density at radius 2 is 1.90 bits per heavy atom. The number of aromatic nitrogens is 3. The molecule has 0 saturated carbocycles. The number of rotatable bonds is 3. The zero-order valence-electron chi connectivity index (χ0n) is 11.6. The molecule has 0 unspecified atom stereocenters. The van der Waals surface area contributed by atoms with Gasteiger partial charge in [0.05, 0.1) is 11.4 Å². The first-order valence-corrected chi connectivity index (χ1v) is 6.66. The molecule has 5 heteroatoms. The molecule has 0 spiro atoms. The predicted octanol–water partition coefficient (Wildman–Crippen LogP) is 2.84. The molecular weight excluding hydrogens is 267 g/mol. The fourth-order valence-electron chi connectivity index (χ4n) is 2.29. The zero-order valence-corrected chi connectivity index (χ0v) is 11.6. The predicted molar refractivity (Wildman–Crippen MR) is 79.4 cm³/mol. The average Bonchev–Trinajstić information content (AvgIpc) is 2.92. The van der Waals surface area contributed by atoms with Gasteiger partial charge < -0.3 is 5.73 Å². The lowest BCUT2D eigenvalue weighted by atomic mass is 10.1. The van der Waals surface area contributed by atoms with E-state index >= 15 is 0 Å². The van der Waals surface area contributed by atoms with Crippen molar-refractivity contribution in [2.75, 3.05) is 0 Å². The highest BCUT2D eigenvalue weighted by molar-refractivity contribution is 5.65. The molecule has 2 aromatic carbocycles. The molecule has 3 rings (SSSR count). The average molecular weight is 282 g/mol. The second kappa shape index (κ2) is 5.46. The molecule has 4 nitrogen and oxygen atoms in total. The van der Waals surface area contributed by atoms with Gasteiger partial charge in [0.2, 0.25) is 0 Å². The highest BCUT2D eigenvalue weighted by Gasteiger charge is 2.15. The molecule has 0 saturated heterocycles. The molecule has 1 aromatic heterocycles. The van der Waals surface area contributed by atoms with Crippen LogP contribution in [0.15, 0.2) is 48.5 Å². The van der Waals surface area contributed by atoms with Crippen LogP contribution < -0.4 is 5.73 Å². The second-order valence-corrected chi connectivity index (χ2v) is 4.85. The summed E-state index contributed by atoms with van der Waals surface area (Å²) < 4.78 is 14.8. The van der Waals surface area contributed by atoms with Crippen molar-refractivity contribution in [1.29, 1.82) is 0 Å². The minimum atomic E-state index is -0.282. The van der Waals surface area contributed by atoms with Gasteiger partial charge in [0.15, 0.2) is 0 Å². The minimum Gasteiger partial charge on any atom is -0.325 e. The highest BCUT2D eigenvalue weighted by Crippen LogP contribution is 2.25. The third kappa shape index (κ3) is 2.55. The van der Waals surface area contributed by atoms with E-state index in [0.29, 0.717) is 12.2 Å². The van der Waals surface area contributed by atoms with Crippen molar-refractivity contribution in [3.63, 3.8) is 0 Å². The van der Waals surface area contributed by atoms with Gasteiger partial charge in [-0.2, -0.15) is 0 Å². The first-order chi connectivity index (χ1) is 10.2. The van der Waals surface area contributed by atoms with Gasteiger partial charge in [-0.3, -0.25) is 0 Å². The lowest BCUT2D eigenvalue weighted by Gasteiger charge is -2.08. The van der Waals surface area contributed by atoms with Gasteiger partial charge in [-0.1, -0.05) is 29.0 Å². The SMILES string of the molecule is Cc1cccc(-c2c(CN)nnn2-c2ccc(F)cc2)c1. The molecular formula is C16H15FN4. The van der Waals surface area contributed by atoms with Crippen molar-refractivity contribution in [2.24, 2.45) is 5.73 Å². The van der Waals surface area contributed by atoms with E-state index < -0.39 is 0 Å². The third-order valence-electron chi connectivity index (χ3n) is 3.30. The summed E-state index contributed by atoms with van der Waals surface area (Å²) >= 11 is 0. The van der Waals surface area contributed by atoms with Crippen LogP contribution in [0.1, 0.15) is 11.3 Å². The first-order valence-electron chi connectivity index (χ1n) is 6.66. The number of nitrogens with two attached hydrogens (primary N) is 1. The number of benzene rings is 2. The molecule has 0 fully saturated rings. The Labute approximate surface area is 122 Å². The van der Waals surface area contributed by atoms with E-state index in [1.165, 1.54) is 12.1 Å². The maximum absolute atomic E-state index is 13.1. The van der Waals surface area contributed by atoms with Crippen LogP contribution in [-0.4, -0.2) is 15.0 Å². The Morgan fingerprint density at radius 3 is 2.57 bits per heavy atom. The number of hydrogen-bond donors (Lipinski definition) is 1. The molecule has 1 heterocycles. The largest absolute Gasteiger partial charge is 0.325 e. The van der Waals surface area contributed by atoms with Crippen LogP contribution in [0.5, 0.6) is 0 Å². The lowest BCUT2D eigenvalue weighted by Crippen LogP contribution is -2.02. The number of halogens is 1. The Balaban J connectivity index is 2.19. The van der Waals surface area contributed by atoms with Crippen LogP contribution in [-0.2, 0) is 6.54 Å². The summed E-state index contributed by atoms with van der Waals surface area (Å²) in [4.78, 5) is 0. The monoisotopic (exact) mass is 282 g/mol. The van der Waals surface area contributed by atoms with Gasteiger partial charge in [-0.05, 0) is 37.3 Å². The second-order valence-electron chi connectivity index (χ2n) is 4.85. The van der Waals surface area contributed by atoms with Crippen LogP contribution >= 0.6 is 0 Å². The molecule has 3 aromatic rings. The van der Waals surface area contributed by atoms with E-state index in [1.807, 2.05) is 25.1 Å². The molecule has 106 valence electrons. The van der Waals surface area contributed by atoms with E-state index in [2.05, 4.69) is 16.4 Å². The van der Waals surface area contributed by atoms with E-state index in [4.69, 9.17) is 5.73 Å². The maximum Gasteiger partial charge on any atom is 0.123 e. The molecule has 0 aliphatic rings. The molecule has 0 aliphatic carbocycles. The summed E-state index contributed by atoms with van der Waals surface area (Å²) in [6, 6.07) is 14.2. The highest BCUT2D eigenvalue weighted by atomic mass is 19.1. The van der Waals surface area contributed by atoms with E-state index in [0.717, 1.165) is 22.5 Å². The summed E-state index contributed by atoms with van der Waals surface area (Å²) in [6.07, 6.45) is 0. The van der Waals surface area contributed by atoms with Crippen LogP contribution in [0.25, 0.3) is 16.9 Å². The summed E-state index contributed by atoms with van der Waals surface area (Å²) in [6.45, 7) is 2.32. The quantitative estimate of drug-likeness (QED) is 0.803. The topological polar surface area (TPSA) is 56.7 Å². The summed E-state index contributed by atoms with van der Waals surface area (Å²) in [5, 5.41) is 8.29. The lowest BCUT2D eigenvalue weighted by molar-refractivity contribution is 0.627. The Morgan fingerprint density at radius 1 is 1.14 bits per heavy atom. The van der Waals surface area contributed by atoms with Gasteiger partial charge in [0, 0.05) is 12.1 Å². The van der Waals surface area contributed by atoms with Gasteiger partial charge in [-0.15, -0.1) is 5.10 Å². The summed E-state index contributed by atoms with van der Waals surface area (Å²) in [5.41, 5.74) is 10.2. The number of nitrogens with zero attached hydrogens (tertiary/aromatic N) is 3. The van der Waals surface area contributed by atoms with Gasteiger partial charge >= 0.3 is 0 Å². The van der Waals surface area contributed by atoms with Crippen molar-refractivity contribution in [3.8, 4) is 16.9 Å². The molecule has 2 N–H and O–H groups in total. The smallest absolute Gasteiger partial charge is 0.123 e. The van der Waals surface area contributed by atoms with Gasteiger partial charge in [-0.25, -0.2) is 9.07 Å². The fraction of sp³-hybridized carbons (Fsp3) is 0.125. The Hall–Kier alpha value is -2.53. The standard InChI is InChI=1S/C16H15FN4/c1-11-3-2-4-12(9-11)16-15(10-18)19-20-21(16)14-7-5-13(17)6-8-14/h2-9H,10,18H2,1H3. The fourth-order valence-corrected chi connectivity index (χ4v) is 2.29. The van der Waals surface area contributed by atoms with Crippen LogP contribution in [0, 0.1) is 12.7 Å². The molecule has 0 atom stereocenters. The molecule has 0 radical (unpaired) electrons.